The molecule has 0 bridgehead atoms. The number of carbonyl (C=O) groups excluding carboxylic acids is 1. The molecular formula is C15H26N2O3. The normalized spacial score (nSPS) is 23.2. The van der Waals surface area contributed by atoms with Gasteiger partial charge in [0.25, 0.3) is 0 Å². The van der Waals surface area contributed by atoms with E-state index in [4.69, 9.17) is 5.11 Å². The van der Waals surface area contributed by atoms with Crippen molar-refractivity contribution < 1.29 is 14.7 Å². The van der Waals surface area contributed by atoms with Crippen LogP contribution < -0.4 is 0 Å². The number of amides is 2. The summed E-state index contributed by atoms with van der Waals surface area (Å²) < 4.78 is 0. The van der Waals surface area contributed by atoms with Crippen molar-refractivity contribution in [2.45, 2.75) is 52.0 Å². The molecule has 0 aromatic rings. The van der Waals surface area contributed by atoms with Crippen LogP contribution in [-0.2, 0) is 4.79 Å². The van der Waals surface area contributed by atoms with Crippen LogP contribution in [0, 0.1) is 11.3 Å². The molecule has 0 spiro atoms. The first kappa shape index (κ1) is 15.1. The summed E-state index contributed by atoms with van der Waals surface area (Å²) >= 11 is 0. The number of hydrogen-bond donors (Lipinski definition) is 1. The molecule has 20 heavy (non-hydrogen) atoms. The average molecular weight is 282 g/mol. The molecule has 5 heteroatoms. The minimum absolute atomic E-state index is 0.0661. The maximum absolute atomic E-state index is 12.3. The fourth-order valence-electron chi connectivity index (χ4n) is 3.25. The maximum Gasteiger partial charge on any atom is 0.320 e. The number of carboxylic acids is 1. The third-order valence-electron chi connectivity index (χ3n) is 4.85. The molecule has 5 nitrogen and oxygen atoms in total. The van der Waals surface area contributed by atoms with E-state index in [2.05, 4.69) is 13.8 Å². The predicted molar refractivity (Wildman–Crippen MR) is 76.5 cm³/mol. The second-order valence-corrected chi connectivity index (χ2v) is 7.16. The molecule has 2 aliphatic rings. The lowest BCUT2D eigenvalue weighted by Gasteiger charge is -2.44. The molecule has 114 valence electrons. The molecule has 2 rings (SSSR count). The van der Waals surface area contributed by atoms with Crippen LogP contribution in [0.3, 0.4) is 0 Å². The molecule has 1 aliphatic carbocycles. The topological polar surface area (TPSA) is 60.9 Å². The summed E-state index contributed by atoms with van der Waals surface area (Å²) in [6.07, 6.45) is 4.64. The van der Waals surface area contributed by atoms with Gasteiger partial charge in [-0.3, -0.25) is 4.79 Å². The Morgan fingerprint density at radius 3 is 2.30 bits per heavy atom. The zero-order valence-electron chi connectivity index (χ0n) is 12.8. The number of nitrogens with zero attached hydrogens (tertiary/aromatic N) is 2. The monoisotopic (exact) mass is 282 g/mol. The Labute approximate surface area is 120 Å². The Hall–Kier alpha value is -1.26. The molecule has 2 amide bonds. The highest BCUT2D eigenvalue weighted by atomic mass is 16.4. The molecule has 1 saturated heterocycles. The van der Waals surface area contributed by atoms with E-state index < -0.39 is 5.97 Å². The van der Waals surface area contributed by atoms with Crippen LogP contribution in [-0.4, -0.2) is 53.1 Å². The van der Waals surface area contributed by atoms with Gasteiger partial charge in [-0.25, -0.2) is 4.79 Å². The van der Waals surface area contributed by atoms with Gasteiger partial charge < -0.3 is 14.9 Å². The number of urea groups is 1. The van der Waals surface area contributed by atoms with E-state index in [1.54, 1.807) is 4.90 Å². The summed E-state index contributed by atoms with van der Waals surface area (Å²) in [6.45, 7) is 5.76. The second kappa shape index (κ2) is 5.62. The van der Waals surface area contributed by atoms with Crippen molar-refractivity contribution >= 4 is 12.0 Å². The lowest BCUT2D eigenvalue weighted by molar-refractivity contribution is -0.139. The molecule has 2 fully saturated rings. The van der Waals surface area contributed by atoms with Crippen molar-refractivity contribution in [1.29, 1.82) is 0 Å². The second-order valence-electron chi connectivity index (χ2n) is 7.16. The van der Waals surface area contributed by atoms with Crippen molar-refractivity contribution in [2.75, 3.05) is 20.1 Å². The van der Waals surface area contributed by atoms with Gasteiger partial charge in [-0.15, -0.1) is 0 Å². The van der Waals surface area contributed by atoms with Crippen LogP contribution in [0.2, 0.25) is 0 Å². The molecule has 1 N–H and O–H groups in total. The molecular weight excluding hydrogens is 256 g/mol. The quantitative estimate of drug-likeness (QED) is 0.864. The Balaban J connectivity index is 1.78. The Kier molecular flexibility index (Phi) is 4.25. The van der Waals surface area contributed by atoms with Gasteiger partial charge >= 0.3 is 12.0 Å². The van der Waals surface area contributed by atoms with Gasteiger partial charge in [0, 0.05) is 32.1 Å². The zero-order valence-corrected chi connectivity index (χ0v) is 12.8. The first-order valence-electron chi connectivity index (χ1n) is 7.52. The SMILES string of the molecule is CN(C(=O)N1CC(CC(=O)O)C1)C1CCC(C)(C)CC1. The standard InChI is InChI=1S/C15H26N2O3/c1-15(2)6-4-12(5-7-15)16(3)14(20)17-9-11(10-17)8-13(18)19/h11-12H,4-10H2,1-3H3,(H,18,19). The molecule has 1 saturated carbocycles. The summed E-state index contributed by atoms with van der Waals surface area (Å²) in [5.41, 5.74) is 0.406. The fraction of sp³-hybridized carbons (Fsp3) is 0.867. The van der Waals surface area contributed by atoms with Gasteiger partial charge in [0.15, 0.2) is 0 Å². The van der Waals surface area contributed by atoms with E-state index in [1.165, 1.54) is 0 Å². The van der Waals surface area contributed by atoms with Crippen molar-refractivity contribution in [2.24, 2.45) is 11.3 Å². The number of hydrogen-bond acceptors (Lipinski definition) is 2. The van der Waals surface area contributed by atoms with Gasteiger partial charge in [-0.2, -0.15) is 0 Å². The Morgan fingerprint density at radius 1 is 1.25 bits per heavy atom. The molecule has 0 aromatic carbocycles. The minimum Gasteiger partial charge on any atom is -0.481 e. The summed E-state index contributed by atoms with van der Waals surface area (Å²) in [5, 5.41) is 8.72. The van der Waals surface area contributed by atoms with Crippen LogP contribution in [0.15, 0.2) is 0 Å². The van der Waals surface area contributed by atoms with Crippen LogP contribution in [0.1, 0.15) is 46.0 Å². The van der Waals surface area contributed by atoms with E-state index in [1.807, 2.05) is 11.9 Å². The molecule has 0 atom stereocenters. The van der Waals surface area contributed by atoms with E-state index in [0.717, 1.165) is 25.7 Å². The van der Waals surface area contributed by atoms with Crippen molar-refractivity contribution in [3.63, 3.8) is 0 Å². The van der Waals surface area contributed by atoms with E-state index in [9.17, 15) is 9.59 Å². The third kappa shape index (κ3) is 3.44. The maximum atomic E-state index is 12.3. The van der Waals surface area contributed by atoms with Crippen molar-refractivity contribution in [3.05, 3.63) is 0 Å². The summed E-state index contributed by atoms with van der Waals surface area (Å²) in [7, 11) is 1.88. The molecule has 0 aromatic heterocycles. The highest BCUT2D eigenvalue weighted by Crippen LogP contribution is 2.37. The first-order chi connectivity index (χ1) is 9.28. The number of likely N-dealkylation sites (tertiary alicyclic amines) is 1. The van der Waals surface area contributed by atoms with Gasteiger partial charge in [-0.05, 0) is 31.1 Å². The van der Waals surface area contributed by atoms with Crippen molar-refractivity contribution in [3.8, 4) is 0 Å². The fourth-order valence-corrected chi connectivity index (χ4v) is 3.25. The highest BCUT2D eigenvalue weighted by Gasteiger charge is 2.37. The van der Waals surface area contributed by atoms with E-state index in [0.29, 0.717) is 24.5 Å². The lowest BCUT2D eigenvalue weighted by atomic mass is 9.75. The van der Waals surface area contributed by atoms with Gasteiger partial charge in [0.1, 0.15) is 0 Å². The van der Waals surface area contributed by atoms with Crippen LogP contribution >= 0.6 is 0 Å². The highest BCUT2D eigenvalue weighted by molar-refractivity contribution is 5.76. The lowest BCUT2D eigenvalue weighted by Crippen LogP contribution is -2.56. The third-order valence-corrected chi connectivity index (χ3v) is 4.85. The summed E-state index contributed by atoms with van der Waals surface area (Å²) in [6, 6.07) is 0.408. The molecule has 0 unspecified atom stereocenters. The summed E-state index contributed by atoms with van der Waals surface area (Å²) in [4.78, 5) is 26.6. The number of carboxylic acid groups (broad SMARTS) is 1. The van der Waals surface area contributed by atoms with Crippen molar-refractivity contribution in [1.82, 2.24) is 9.80 Å². The smallest absolute Gasteiger partial charge is 0.320 e. The van der Waals surface area contributed by atoms with Gasteiger partial charge in [0.2, 0.25) is 0 Å². The average Bonchev–Trinajstić information content (AvgIpc) is 2.31. The molecule has 1 aliphatic heterocycles. The van der Waals surface area contributed by atoms with Crippen LogP contribution in [0.5, 0.6) is 0 Å². The minimum atomic E-state index is -0.773. The number of rotatable bonds is 3. The van der Waals surface area contributed by atoms with Gasteiger partial charge in [0.05, 0.1) is 6.42 Å². The number of aliphatic carboxylic acids is 1. The van der Waals surface area contributed by atoms with E-state index in [-0.39, 0.29) is 18.4 Å². The first-order valence-corrected chi connectivity index (χ1v) is 7.52. The molecule has 0 radical (unpaired) electrons. The van der Waals surface area contributed by atoms with Crippen LogP contribution in [0.25, 0.3) is 0 Å². The van der Waals surface area contributed by atoms with Crippen LogP contribution in [0.4, 0.5) is 4.79 Å². The Bertz CT molecular complexity index is 379. The number of carbonyl (C=O) groups is 2. The summed E-state index contributed by atoms with van der Waals surface area (Å²) in [5.74, 6) is -0.639. The van der Waals surface area contributed by atoms with Gasteiger partial charge in [-0.1, -0.05) is 13.8 Å². The largest absolute Gasteiger partial charge is 0.481 e. The predicted octanol–water partition coefficient (Wildman–Crippen LogP) is 2.41. The zero-order chi connectivity index (χ0) is 14.9. The Morgan fingerprint density at radius 2 is 1.80 bits per heavy atom. The molecule has 1 heterocycles. The van der Waals surface area contributed by atoms with E-state index >= 15 is 0 Å².